The van der Waals surface area contributed by atoms with Gasteiger partial charge in [0, 0.05) is 27.9 Å². The molecule has 0 radical (unpaired) electrons. The number of rotatable bonds is 3. The number of carbonyl (C=O) groups excluding carboxylic acids is 1. The Morgan fingerprint density at radius 1 is 1.28 bits per heavy atom. The van der Waals surface area contributed by atoms with Gasteiger partial charge >= 0.3 is 0 Å². The van der Waals surface area contributed by atoms with Crippen LogP contribution in [0.1, 0.15) is 5.69 Å². The van der Waals surface area contributed by atoms with Crippen molar-refractivity contribution in [3.8, 4) is 11.3 Å². The fraction of sp³-hybridized carbons (Fsp3) is 0.333. The van der Waals surface area contributed by atoms with E-state index < -0.39 is 0 Å². The maximum atomic E-state index is 12.6. The zero-order valence-electron chi connectivity index (χ0n) is 14.0. The summed E-state index contributed by atoms with van der Waals surface area (Å²) in [6.07, 6.45) is 2.43. The summed E-state index contributed by atoms with van der Waals surface area (Å²) in [6, 6.07) is 7.66. The van der Waals surface area contributed by atoms with Crippen LogP contribution in [0.4, 0.5) is 0 Å². The molecule has 3 aromatic rings. The van der Waals surface area contributed by atoms with E-state index >= 15 is 0 Å². The molecule has 1 aliphatic heterocycles. The van der Waals surface area contributed by atoms with Gasteiger partial charge in [0.05, 0.1) is 45.3 Å². The summed E-state index contributed by atoms with van der Waals surface area (Å²) in [6.45, 7) is 3.74. The molecular weight excluding hydrogens is 356 g/mol. The summed E-state index contributed by atoms with van der Waals surface area (Å²) in [4.78, 5) is 21.7. The first kappa shape index (κ1) is 16.6. The number of benzene rings is 1. The zero-order valence-corrected chi connectivity index (χ0v) is 15.6. The van der Waals surface area contributed by atoms with Crippen LogP contribution in [0.15, 0.2) is 35.8 Å². The molecule has 0 spiro atoms. The number of likely N-dealkylation sites (N-methyl/N-ethyl adjacent to an activating group) is 1. The molecule has 0 atom stereocenters. The van der Waals surface area contributed by atoms with Crippen LogP contribution in [0, 0.1) is 0 Å². The highest BCUT2D eigenvalue weighted by atomic mass is 35.5. The number of thiazole rings is 1. The summed E-state index contributed by atoms with van der Waals surface area (Å²) in [5.74, 6) is 0.203. The normalized spacial score (nSPS) is 15.8. The Bertz CT molecular complexity index is 894. The molecule has 1 saturated heterocycles. The number of quaternary nitrogens is 1. The Morgan fingerprint density at radius 3 is 2.72 bits per heavy atom. The largest absolute Gasteiger partial charge is 0.334 e. The van der Waals surface area contributed by atoms with E-state index in [1.807, 2.05) is 45.1 Å². The molecule has 3 heterocycles. The molecule has 0 saturated carbocycles. The van der Waals surface area contributed by atoms with Gasteiger partial charge in [-0.05, 0) is 12.1 Å². The van der Waals surface area contributed by atoms with Crippen LogP contribution in [0.5, 0.6) is 0 Å². The summed E-state index contributed by atoms with van der Waals surface area (Å²) >= 11 is 7.53. The summed E-state index contributed by atoms with van der Waals surface area (Å²) < 4.78 is 2.04. The van der Waals surface area contributed by atoms with Crippen molar-refractivity contribution in [2.24, 2.45) is 0 Å². The molecule has 5 nitrogen and oxygen atoms in total. The highest BCUT2D eigenvalue weighted by Gasteiger charge is 2.22. The number of hydrogen-bond donors (Lipinski definition) is 1. The summed E-state index contributed by atoms with van der Waals surface area (Å²) in [5.41, 5.74) is 2.93. The second kappa shape index (κ2) is 6.78. The fourth-order valence-corrected chi connectivity index (χ4v) is 4.12. The molecular formula is C18H20ClN4OS+. The Kier molecular flexibility index (Phi) is 4.50. The average Bonchev–Trinajstić information content (AvgIpc) is 3.18. The molecule has 0 aliphatic carbocycles. The quantitative estimate of drug-likeness (QED) is 0.755. The van der Waals surface area contributed by atoms with Gasteiger partial charge in [0.2, 0.25) is 5.91 Å². The van der Waals surface area contributed by atoms with Crippen molar-refractivity contribution in [1.29, 1.82) is 0 Å². The van der Waals surface area contributed by atoms with E-state index in [0.717, 1.165) is 48.1 Å². The topological polar surface area (TPSA) is 42.0 Å². The van der Waals surface area contributed by atoms with E-state index in [2.05, 4.69) is 12.0 Å². The highest BCUT2D eigenvalue weighted by Crippen LogP contribution is 2.25. The second-order valence-electron chi connectivity index (χ2n) is 6.53. The number of nitrogens with one attached hydrogen (secondary N) is 1. The number of fused-ring (bicyclic) bond motifs is 1. The van der Waals surface area contributed by atoms with Crippen molar-refractivity contribution >= 4 is 33.8 Å². The fourth-order valence-electron chi connectivity index (χ4n) is 3.12. The monoisotopic (exact) mass is 375 g/mol. The average molecular weight is 376 g/mol. The number of imidazole rings is 1. The number of halogens is 1. The molecule has 1 fully saturated rings. The molecule has 7 heteroatoms. The highest BCUT2D eigenvalue weighted by molar-refractivity contribution is 7.15. The SMILES string of the molecule is C[NH+]1CCN(C(=O)Cc2csc3nc(-c4ccc(Cl)cc4)cn23)CC1. The van der Waals surface area contributed by atoms with E-state index in [-0.39, 0.29) is 5.91 Å². The predicted molar refractivity (Wildman–Crippen MR) is 100 cm³/mol. The van der Waals surface area contributed by atoms with Crippen LogP contribution < -0.4 is 4.90 Å². The molecule has 25 heavy (non-hydrogen) atoms. The third-order valence-corrected chi connectivity index (χ3v) is 5.87. The van der Waals surface area contributed by atoms with E-state index in [0.29, 0.717) is 11.4 Å². The van der Waals surface area contributed by atoms with E-state index in [1.54, 1.807) is 11.3 Å². The van der Waals surface area contributed by atoms with Gasteiger partial charge in [0.15, 0.2) is 4.96 Å². The number of carbonyl (C=O) groups is 1. The zero-order chi connectivity index (χ0) is 17.4. The first-order valence-electron chi connectivity index (χ1n) is 8.40. The summed E-state index contributed by atoms with van der Waals surface area (Å²) in [7, 11) is 2.17. The van der Waals surface area contributed by atoms with Gasteiger partial charge in [0.1, 0.15) is 0 Å². The van der Waals surface area contributed by atoms with Crippen LogP contribution in [-0.2, 0) is 11.2 Å². The van der Waals surface area contributed by atoms with Crippen LogP contribution in [0.25, 0.3) is 16.2 Å². The second-order valence-corrected chi connectivity index (χ2v) is 7.80. The predicted octanol–water partition coefficient (Wildman–Crippen LogP) is 1.62. The van der Waals surface area contributed by atoms with Gasteiger partial charge in [-0.1, -0.05) is 23.7 Å². The standard InChI is InChI=1S/C18H19ClN4OS/c1-21-6-8-22(9-7-21)17(24)10-15-12-25-18-20-16(11-23(15)18)13-2-4-14(19)5-3-13/h2-5,11-12H,6-10H2,1H3/p+1. The van der Waals surface area contributed by atoms with Gasteiger partial charge < -0.3 is 9.80 Å². The lowest BCUT2D eigenvalue weighted by Gasteiger charge is -2.30. The van der Waals surface area contributed by atoms with Gasteiger partial charge in [-0.3, -0.25) is 9.20 Å². The number of nitrogens with zero attached hydrogens (tertiary/aromatic N) is 3. The number of piperazine rings is 1. The molecule has 1 N–H and O–H groups in total. The number of amides is 1. The van der Waals surface area contributed by atoms with Crippen molar-refractivity contribution < 1.29 is 9.69 Å². The lowest BCUT2D eigenvalue weighted by atomic mass is 10.2. The maximum Gasteiger partial charge on any atom is 0.228 e. The van der Waals surface area contributed by atoms with Crippen molar-refractivity contribution in [2.45, 2.75) is 6.42 Å². The molecule has 1 aromatic carbocycles. The van der Waals surface area contributed by atoms with E-state index in [1.165, 1.54) is 4.90 Å². The third kappa shape index (κ3) is 3.42. The molecule has 1 aliphatic rings. The first-order valence-corrected chi connectivity index (χ1v) is 9.66. The Balaban J connectivity index is 1.54. The van der Waals surface area contributed by atoms with Crippen LogP contribution in [-0.4, -0.2) is 53.4 Å². The van der Waals surface area contributed by atoms with Gasteiger partial charge in [0.25, 0.3) is 0 Å². The smallest absolute Gasteiger partial charge is 0.228 e. The molecule has 130 valence electrons. The Hall–Kier alpha value is -1.89. The first-order chi connectivity index (χ1) is 12.1. The van der Waals surface area contributed by atoms with Crippen molar-refractivity contribution in [2.75, 3.05) is 33.2 Å². The number of hydrogen-bond acceptors (Lipinski definition) is 3. The maximum absolute atomic E-state index is 12.6. The minimum atomic E-state index is 0.203. The summed E-state index contributed by atoms with van der Waals surface area (Å²) in [5, 5.41) is 2.75. The van der Waals surface area contributed by atoms with E-state index in [9.17, 15) is 4.79 Å². The minimum absolute atomic E-state index is 0.203. The van der Waals surface area contributed by atoms with Crippen molar-refractivity contribution in [1.82, 2.24) is 14.3 Å². The molecule has 0 bridgehead atoms. The Morgan fingerprint density at radius 2 is 2.00 bits per heavy atom. The number of aromatic nitrogens is 2. The van der Waals surface area contributed by atoms with Gasteiger partial charge in [-0.2, -0.15) is 0 Å². The Labute approximate surface area is 155 Å². The van der Waals surface area contributed by atoms with Crippen LogP contribution in [0.2, 0.25) is 5.02 Å². The van der Waals surface area contributed by atoms with E-state index in [4.69, 9.17) is 11.6 Å². The molecule has 1 amide bonds. The van der Waals surface area contributed by atoms with Crippen molar-refractivity contribution in [3.05, 3.63) is 46.6 Å². The minimum Gasteiger partial charge on any atom is -0.334 e. The van der Waals surface area contributed by atoms with Gasteiger partial charge in [-0.15, -0.1) is 11.3 Å². The third-order valence-electron chi connectivity index (χ3n) is 4.73. The van der Waals surface area contributed by atoms with Crippen LogP contribution >= 0.6 is 22.9 Å². The lowest BCUT2D eigenvalue weighted by molar-refractivity contribution is -0.883. The van der Waals surface area contributed by atoms with Gasteiger partial charge in [-0.25, -0.2) is 4.98 Å². The molecule has 4 rings (SSSR count). The molecule has 0 unspecified atom stereocenters. The molecule has 2 aromatic heterocycles. The van der Waals surface area contributed by atoms with Crippen molar-refractivity contribution in [3.63, 3.8) is 0 Å². The lowest BCUT2D eigenvalue weighted by Crippen LogP contribution is -3.12. The van der Waals surface area contributed by atoms with Crippen LogP contribution in [0.3, 0.4) is 0 Å².